The van der Waals surface area contributed by atoms with E-state index in [9.17, 15) is 41.0 Å². The minimum absolute atomic E-state index is 0.00248. The van der Waals surface area contributed by atoms with Gasteiger partial charge >= 0.3 is 24.5 Å². The minimum atomic E-state index is -5.04. The zero-order valence-corrected chi connectivity index (χ0v) is 24.2. The van der Waals surface area contributed by atoms with Crippen molar-refractivity contribution in [1.29, 1.82) is 0 Å². The van der Waals surface area contributed by atoms with Crippen molar-refractivity contribution in [2.24, 2.45) is 5.41 Å². The van der Waals surface area contributed by atoms with E-state index in [0.29, 0.717) is 42.0 Å². The molecule has 1 N–H and O–H groups in total. The Kier molecular flexibility index (Phi) is 8.42. The number of benzene rings is 2. The lowest BCUT2D eigenvalue weighted by Gasteiger charge is -2.36. The maximum Gasteiger partial charge on any atom is 0.416 e. The molecule has 2 aromatic carbocycles. The average molecular weight is 615 g/mol. The number of carboxylic acid groups (broad SMARTS) is 1. The molecule has 0 saturated carbocycles. The summed E-state index contributed by atoms with van der Waals surface area (Å²) in [6.07, 6.45) is -11.7. The molecule has 234 valence electrons. The number of ether oxygens (including phenoxy) is 2. The number of rotatable bonds is 6. The van der Waals surface area contributed by atoms with Crippen LogP contribution in [0.25, 0.3) is 5.57 Å². The van der Waals surface area contributed by atoms with E-state index in [2.05, 4.69) is 0 Å². The van der Waals surface area contributed by atoms with Crippen LogP contribution in [-0.4, -0.2) is 48.9 Å². The van der Waals surface area contributed by atoms with E-state index >= 15 is 0 Å². The Labute approximate surface area is 244 Å². The molecule has 2 atom stereocenters. The summed E-state index contributed by atoms with van der Waals surface area (Å²) in [5, 5.41) is 9.47. The third-order valence-electron chi connectivity index (χ3n) is 8.04. The Balaban J connectivity index is 1.76. The van der Waals surface area contributed by atoms with Crippen molar-refractivity contribution in [3.05, 3.63) is 64.2 Å². The van der Waals surface area contributed by atoms with E-state index < -0.39 is 53.4 Å². The maximum atomic E-state index is 13.5. The van der Waals surface area contributed by atoms with Gasteiger partial charge < -0.3 is 14.6 Å². The first-order chi connectivity index (χ1) is 19.8. The number of amides is 2. The number of hydrogen-bond acceptors (Lipinski definition) is 4. The quantitative estimate of drug-likeness (QED) is 0.331. The molecule has 13 heteroatoms. The summed E-state index contributed by atoms with van der Waals surface area (Å²) in [5.74, 6) is 0.480. The number of methoxy groups -OCH3 is 1. The zero-order valence-electron chi connectivity index (χ0n) is 24.2. The molecule has 1 aliphatic heterocycles. The molecule has 4 rings (SSSR count). The van der Waals surface area contributed by atoms with E-state index in [-0.39, 0.29) is 18.0 Å². The van der Waals surface area contributed by atoms with Gasteiger partial charge in [-0.3, -0.25) is 9.80 Å². The Bertz CT molecular complexity index is 1420. The number of allylic oxidation sites excluding steroid dienone is 1. The van der Waals surface area contributed by atoms with Gasteiger partial charge in [-0.05, 0) is 84.7 Å². The van der Waals surface area contributed by atoms with E-state index in [4.69, 9.17) is 9.47 Å². The highest BCUT2D eigenvalue weighted by Gasteiger charge is 2.44. The fourth-order valence-corrected chi connectivity index (χ4v) is 5.65. The van der Waals surface area contributed by atoms with Crippen molar-refractivity contribution in [2.45, 2.75) is 64.5 Å². The molecule has 0 spiro atoms. The van der Waals surface area contributed by atoms with Gasteiger partial charge in [0.1, 0.15) is 11.9 Å². The molecule has 7 nitrogen and oxygen atoms in total. The van der Waals surface area contributed by atoms with Gasteiger partial charge in [0.25, 0.3) is 0 Å². The topological polar surface area (TPSA) is 79.3 Å². The highest BCUT2D eigenvalue weighted by atomic mass is 19.4. The molecule has 43 heavy (non-hydrogen) atoms. The number of carbonyl (C=O) groups excluding carboxylic acids is 1. The van der Waals surface area contributed by atoms with Crippen LogP contribution in [0.2, 0.25) is 0 Å². The molecule has 0 radical (unpaired) electrons. The summed E-state index contributed by atoms with van der Waals surface area (Å²) in [7, 11) is 2.87. The van der Waals surface area contributed by atoms with Crippen molar-refractivity contribution in [1.82, 2.24) is 4.90 Å². The third-order valence-corrected chi connectivity index (χ3v) is 8.04. The van der Waals surface area contributed by atoms with Crippen molar-refractivity contribution in [3.63, 3.8) is 0 Å². The molecular weight excluding hydrogens is 582 g/mol. The zero-order chi connectivity index (χ0) is 32.1. The van der Waals surface area contributed by atoms with Gasteiger partial charge in [0.2, 0.25) is 0 Å². The number of anilines is 1. The number of hydrogen-bond donors (Lipinski definition) is 1. The first kappa shape index (κ1) is 32.0. The van der Waals surface area contributed by atoms with Crippen LogP contribution in [0.5, 0.6) is 5.75 Å². The summed E-state index contributed by atoms with van der Waals surface area (Å²) >= 11 is 0. The second kappa shape index (κ2) is 11.3. The van der Waals surface area contributed by atoms with Crippen LogP contribution in [0.1, 0.15) is 68.4 Å². The van der Waals surface area contributed by atoms with E-state index in [1.165, 1.54) is 26.0 Å². The van der Waals surface area contributed by atoms with Crippen molar-refractivity contribution < 1.29 is 50.5 Å². The molecular formula is C30H32F6N2O5. The highest BCUT2D eigenvalue weighted by Crippen LogP contribution is 2.47. The van der Waals surface area contributed by atoms with Crippen LogP contribution in [0.4, 0.5) is 41.6 Å². The lowest BCUT2D eigenvalue weighted by molar-refractivity contribution is -0.143. The average Bonchev–Trinajstić information content (AvgIpc) is 3.19. The molecule has 2 aliphatic rings. The molecule has 1 aliphatic carbocycles. The van der Waals surface area contributed by atoms with Crippen LogP contribution in [0, 0.1) is 5.41 Å². The lowest BCUT2D eigenvalue weighted by atomic mass is 9.72. The SMILES string of the molecule is COc1ccc(N(C)C(=O)O)cc1C1=C(CN2C(=O)O[C@H](c3cc(C(F)(F)F)cc(C(F)(F)F)c3)[C@@H]2C)CC(C)(C)CC1. The van der Waals surface area contributed by atoms with Gasteiger partial charge in [-0.15, -0.1) is 0 Å². The summed E-state index contributed by atoms with van der Waals surface area (Å²) in [6.45, 7) is 5.61. The Morgan fingerprint density at radius 1 is 1.09 bits per heavy atom. The Hall–Kier alpha value is -3.90. The van der Waals surface area contributed by atoms with Gasteiger partial charge in [0.15, 0.2) is 0 Å². The van der Waals surface area contributed by atoms with E-state index in [1.54, 1.807) is 18.2 Å². The normalized spacial score (nSPS) is 20.7. The lowest BCUT2D eigenvalue weighted by Crippen LogP contribution is -2.35. The van der Waals surface area contributed by atoms with Gasteiger partial charge in [-0.25, -0.2) is 9.59 Å². The number of cyclic esters (lactones) is 1. The third kappa shape index (κ3) is 6.70. The number of halogens is 6. The molecule has 2 aromatic rings. The van der Waals surface area contributed by atoms with E-state index in [0.717, 1.165) is 22.5 Å². The smallest absolute Gasteiger partial charge is 0.416 e. The fourth-order valence-electron chi connectivity index (χ4n) is 5.65. The fraction of sp³-hybridized carbons (Fsp3) is 0.467. The molecule has 1 saturated heterocycles. The molecule has 1 heterocycles. The monoisotopic (exact) mass is 614 g/mol. The van der Waals surface area contributed by atoms with Crippen LogP contribution in [0.3, 0.4) is 0 Å². The van der Waals surface area contributed by atoms with Crippen LogP contribution in [0.15, 0.2) is 42.0 Å². The molecule has 2 amide bonds. The number of alkyl halides is 6. The first-order valence-electron chi connectivity index (χ1n) is 13.4. The van der Waals surface area contributed by atoms with Crippen LogP contribution in [-0.2, 0) is 17.1 Å². The van der Waals surface area contributed by atoms with Crippen molar-refractivity contribution >= 4 is 23.4 Å². The van der Waals surface area contributed by atoms with Gasteiger partial charge in [0.05, 0.1) is 24.3 Å². The maximum absolute atomic E-state index is 13.5. The van der Waals surface area contributed by atoms with Crippen molar-refractivity contribution in [3.8, 4) is 5.75 Å². The molecule has 1 fully saturated rings. The van der Waals surface area contributed by atoms with Gasteiger partial charge in [-0.2, -0.15) is 26.3 Å². The highest BCUT2D eigenvalue weighted by molar-refractivity contribution is 5.87. The molecule has 0 aromatic heterocycles. The number of carbonyl (C=O) groups is 2. The first-order valence-corrected chi connectivity index (χ1v) is 13.4. The van der Waals surface area contributed by atoms with Crippen molar-refractivity contribution in [2.75, 3.05) is 25.6 Å². The largest absolute Gasteiger partial charge is 0.496 e. The summed E-state index contributed by atoms with van der Waals surface area (Å²) in [5.41, 5.74) is -0.936. The predicted octanol–water partition coefficient (Wildman–Crippen LogP) is 8.39. The minimum Gasteiger partial charge on any atom is -0.496 e. The summed E-state index contributed by atoms with van der Waals surface area (Å²) in [6, 6.07) is 5.21. The second-order valence-corrected chi connectivity index (χ2v) is 11.7. The Morgan fingerprint density at radius 3 is 2.23 bits per heavy atom. The van der Waals surface area contributed by atoms with Gasteiger partial charge in [0, 0.05) is 24.8 Å². The standard InChI is InChI=1S/C30H32F6N2O5/c1-16-25(17-10-19(29(31,32)33)12-20(11-17)30(34,35)36)43-27(41)38(16)15-18-14-28(2,3)9-8-22(18)23-13-21(37(4)26(39)40)6-7-24(23)42-5/h6-7,10-13,16,25H,8-9,14-15H2,1-5H3,(H,39,40)/t16-,25-/m0/s1. The molecule has 0 bridgehead atoms. The molecule has 0 unspecified atom stereocenters. The Morgan fingerprint density at radius 2 is 1.70 bits per heavy atom. The van der Waals surface area contributed by atoms with E-state index in [1.807, 2.05) is 13.8 Å². The number of nitrogens with zero attached hydrogens (tertiary/aromatic N) is 2. The summed E-state index contributed by atoms with van der Waals surface area (Å²) < 4.78 is 92.0. The van der Waals surface area contributed by atoms with Crippen LogP contribution < -0.4 is 9.64 Å². The van der Waals surface area contributed by atoms with Crippen LogP contribution >= 0.6 is 0 Å². The second-order valence-electron chi connectivity index (χ2n) is 11.7. The summed E-state index contributed by atoms with van der Waals surface area (Å²) in [4.78, 5) is 27.0. The van der Waals surface area contributed by atoms with Gasteiger partial charge in [-0.1, -0.05) is 13.8 Å². The predicted molar refractivity (Wildman–Crippen MR) is 146 cm³/mol.